The molecular formula is C32H36N4O3. The summed E-state index contributed by atoms with van der Waals surface area (Å²) < 4.78 is 4.86. The lowest BCUT2D eigenvalue weighted by Crippen LogP contribution is -2.39. The second-order valence-corrected chi connectivity index (χ2v) is 8.90. The summed E-state index contributed by atoms with van der Waals surface area (Å²) in [5.74, 6) is -1.50. The largest absolute Gasteiger partial charge is 0.459 e. The van der Waals surface area contributed by atoms with Gasteiger partial charge in [0.2, 0.25) is 0 Å². The van der Waals surface area contributed by atoms with Crippen LogP contribution in [-0.4, -0.2) is 33.4 Å². The maximum absolute atomic E-state index is 12.5. The van der Waals surface area contributed by atoms with E-state index in [1.54, 1.807) is 13.1 Å². The molecule has 4 rings (SSSR count). The van der Waals surface area contributed by atoms with Gasteiger partial charge in [-0.2, -0.15) is 0 Å². The lowest BCUT2D eigenvalue weighted by molar-refractivity contribution is -0.161. The predicted molar refractivity (Wildman–Crippen MR) is 152 cm³/mol. The Hall–Kier alpha value is -4.36. The molecule has 0 saturated heterocycles. The Morgan fingerprint density at radius 1 is 0.769 bits per heavy atom. The van der Waals surface area contributed by atoms with Gasteiger partial charge in [0, 0.05) is 25.0 Å². The quantitative estimate of drug-likeness (QED) is 0.224. The smallest absolute Gasteiger partial charge is 0.397 e. The number of esters is 1. The first kappa shape index (κ1) is 29.2. The van der Waals surface area contributed by atoms with Crippen LogP contribution in [0.2, 0.25) is 0 Å². The van der Waals surface area contributed by atoms with Gasteiger partial charge in [-0.1, -0.05) is 72.8 Å². The number of hydrogen-bond acceptors (Lipinski definition) is 6. The Morgan fingerprint density at radius 3 is 1.85 bits per heavy atom. The van der Waals surface area contributed by atoms with Crippen molar-refractivity contribution in [2.45, 2.75) is 45.9 Å². The number of benzene rings is 2. The maximum Gasteiger partial charge on any atom is 0.397 e. The summed E-state index contributed by atoms with van der Waals surface area (Å²) >= 11 is 0. The molecule has 2 aromatic carbocycles. The number of ether oxygens (including phenoxy) is 1. The molecule has 7 heteroatoms. The molecule has 4 aromatic rings. The van der Waals surface area contributed by atoms with Crippen LogP contribution >= 0.6 is 0 Å². The molecule has 2 unspecified atom stereocenters. The van der Waals surface area contributed by atoms with Gasteiger partial charge in [-0.25, -0.2) is 4.79 Å². The average Bonchev–Trinajstić information content (AvgIpc) is 3.00. The Balaban J connectivity index is 0.000000230. The Morgan fingerprint density at radius 2 is 1.31 bits per heavy atom. The third-order valence-corrected chi connectivity index (χ3v) is 6.13. The van der Waals surface area contributed by atoms with Gasteiger partial charge in [-0.05, 0) is 56.2 Å². The van der Waals surface area contributed by atoms with Gasteiger partial charge >= 0.3 is 11.9 Å². The maximum atomic E-state index is 12.5. The van der Waals surface area contributed by atoms with Crippen LogP contribution in [0.4, 0.5) is 0 Å². The molecule has 0 saturated carbocycles. The van der Waals surface area contributed by atoms with Crippen molar-refractivity contribution in [3.63, 3.8) is 0 Å². The first-order chi connectivity index (χ1) is 19.0. The molecule has 39 heavy (non-hydrogen) atoms. The Bertz CT molecular complexity index is 1260. The van der Waals surface area contributed by atoms with E-state index >= 15 is 0 Å². The number of carbonyl (C=O) groups excluding carboxylic acids is 2. The van der Waals surface area contributed by atoms with E-state index < -0.39 is 11.9 Å². The zero-order valence-corrected chi connectivity index (χ0v) is 22.7. The Labute approximate surface area is 230 Å². The van der Waals surface area contributed by atoms with Crippen LogP contribution in [0.25, 0.3) is 0 Å². The zero-order chi connectivity index (χ0) is 27.9. The molecule has 202 valence electrons. The van der Waals surface area contributed by atoms with Crippen molar-refractivity contribution in [1.29, 1.82) is 0 Å². The molecular weight excluding hydrogens is 488 g/mol. The van der Waals surface area contributed by atoms with Crippen LogP contribution in [-0.2, 0) is 27.4 Å². The number of rotatable bonds is 9. The molecule has 7 nitrogen and oxygen atoms in total. The molecule has 2 atom stereocenters. The van der Waals surface area contributed by atoms with E-state index in [9.17, 15) is 9.59 Å². The standard InChI is InChI=1S/C18H20N2O3.C14H16N2/c1-3-23-18(22)17(21)20(13-16-11-7-8-12-19-16)14(2)15-9-5-4-6-10-15;1-12(13-7-3-2-4-8-13)16-11-14-9-5-6-10-15-14/h4-12,14H,3,13H2,1-2H3;2-10,12,16H,11H2,1H3. The van der Waals surface area contributed by atoms with Crippen molar-refractivity contribution in [3.05, 3.63) is 132 Å². The summed E-state index contributed by atoms with van der Waals surface area (Å²) in [6.45, 7) is 6.94. The minimum atomic E-state index is -0.841. The van der Waals surface area contributed by atoms with Crippen molar-refractivity contribution < 1.29 is 14.3 Å². The molecule has 0 radical (unpaired) electrons. The van der Waals surface area contributed by atoms with E-state index in [4.69, 9.17) is 4.74 Å². The molecule has 0 fully saturated rings. The van der Waals surface area contributed by atoms with Crippen molar-refractivity contribution in [2.24, 2.45) is 0 Å². The van der Waals surface area contributed by atoms with E-state index in [2.05, 4.69) is 46.5 Å². The molecule has 1 N–H and O–H groups in total. The van der Waals surface area contributed by atoms with Crippen molar-refractivity contribution in [1.82, 2.24) is 20.2 Å². The van der Waals surface area contributed by atoms with Crippen LogP contribution in [0.3, 0.4) is 0 Å². The number of aromatic nitrogens is 2. The minimum absolute atomic E-state index is 0.168. The molecule has 2 heterocycles. The summed E-state index contributed by atoms with van der Waals surface area (Å²) in [7, 11) is 0. The predicted octanol–water partition coefficient (Wildman–Crippen LogP) is 5.67. The van der Waals surface area contributed by atoms with Gasteiger partial charge in [-0.3, -0.25) is 14.8 Å². The van der Waals surface area contributed by atoms with Gasteiger partial charge < -0.3 is 15.0 Å². The number of nitrogens with zero attached hydrogens (tertiary/aromatic N) is 3. The molecule has 2 aromatic heterocycles. The fourth-order valence-corrected chi connectivity index (χ4v) is 3.89. The monoisotopic (exact) mass is 524 g/mol. The number of carbonyl (C=O) groups is 2. The van der Waals surface area contributed by atoms with Crippen LogP contribution in [0, 0.1) is 0 Å². The molecule has 0 aliphatic rings. The minimum Gasteiger partial charge on any atom is -0.459 e. The van der Waals surface area contributed by atoms with E-state index in [-0.39, 0.29) is 19.2 Å². The second kappa shape index (κ2) is 15.8. The molecule has 0 spiro atoms. The molecule has 0 aliphatic heterocycles. The van der Waals surface area contributed by atoms with Crippen molar-refractivity contribution >= 4 is 11.9 Å². The van der Waals surface area contributed by atoms with Gasteiger partial charge in [0.05, 0.1) is 30.6 Å². The van der Waals surface area contributed by atoms with Gasteiger partial charge in [-0.15, -0.1) is 0 Å². The average molecular weight is 525 g/mol. The van der Waals surface area contributed by atoms with E-state index in [1.165, 1.54) is 10.5 Å². The van der Waals surface area contributed by atoms with E-state index in [1.807, 2.05) is 85.9 Å². The fourth-order valence-electron chi connectivity index (χ4n) is 3.89. The summed E-state index contributed by atoms with van der Waals surface area (Å²) in [5, 5.41) is 3.45. The lowest BCUT2D eigenvalue weighted by Gasteiger charge is -2.28. The van der Waals surface area contributed by atoms with Gasteiger partial charge in [0.15, 0.2) is 0 Å². The normalized spacial score (nSPS) is 11.9. The number of pyridine rings is 2. The SMILES string of the molecule is CC(NCc1ccccn1)c1ccccc1.CCOC(=O)C(=O)N(Cc1ccccn1)C(C)c1ccccc1. The third kappa shape index (κ3) is 9.47. The first-order valence-electron chi connectivity index (χ1n) is 13.1. The summed E-state index contributed by atoms with van der Waals surface area (Å²) in [6, 6.07) is 31.5. The van der Waals surface area contributed by atoms with E-state index in [0.29, 0.717) is 11.7 Å². The van der Waals surface area contributed by atoms with Crippen LogP contribution in [0.5, 0.6) is 0 Å². The van der Waals surface area contributed by atoms with E-state index in [0.717, 1.165) is 17.8 Å². The second-order valence-electron chi connectivity index (χ2n) is 8.90. The third-order valence-electron chi connectivity index (χ3n) is 6.13. The summed E-state index contributed by atoms with van der Waals surface area (Å²) in [5.41, 5.74) is 4.04. The summed E-state index contributed by atoms with van der Waals surface area (Å²) in [6.07, 6.45) is 3.49. The highest BCUT2D eigenvalue weighted by molar-refractivity contribution is 6.32. The topological polar surface area (TPSA) is 84.4 Å². The molecule has 0 bridgehead atoms. The Kier molecular flexibility index (Phi) is 11.8. The van der Waals surface area contributed by atoms with Crippen LogP contribution in [0.1, 0.15) is 55.4 Å². The van der Waals surface area contributed by atoms with Crippen LogP contribution < -0.4 is 5.32 Å². The number of amides is 1. The number of nitrogens with one attached hydrogen (secondary N) is 1. The van der Waals surface area contributed by atoms with Crippen molar-refractivity contribution in [3.8, 4) is 0 Å². The highest BCUT2D eigenvalue weighted by atomic mass is 16.5. The highest BCUT2D eigenvalue weighted by Gasteiger charge is 2.28. The molecule has 0 aliphatic carbocycles. The van der Waals surface area contributed by atoms with Gasteiger partial charge in [0.1, 0.15) is 0 Å². The molecule has 1 amide bonds. The zero-order valence-electron chi connectivity index (χ0n) is 22.7. The summed E-state index contributed by atoms with van der Waals surface area (Å²) in [4.78, 5) is 34.4. The lowest BCUT2D eigenvalue weighted by atomic mass is 10.1. The van der Waals surface area contributed by atoms with Crippen molar-refractivity contribution in [2.75, 3.05) is 6.61 Å². The fraction of sp³-hybridized carbons (Fsp3) is 0.250. The number of hydrogen-bond donors (Lipinski definition) is 1. The highest BCUT2D eigenvalue weighted by Crippen LogP contribution is 2.22. The van der Waals surface area contributed by atoms with Crippen LogP contribution in [0.15, 0.2) is 109 Å². The first-order valence-corrected chi connectivity index (χ1v) is 13.1. The van der Waals surface area contributed by atoms with Gasteiger partial charge in [0.25, 0.3) is 0 Å².